The zero-order valence-corrected chi connectivity index (χ0v) is 16.6. The number of benzene rings is 2. The van der Waals surface area contributed by atoms with Gasteiger partial charge >= 0.3 is 0 Å². The van der Waals surface area contributed by atoms with E-state index in [1.165, 1.54) is 18.9 Å². The number of carbonyl (C=O) groups is 1. The van der Waals surface area contributed by atoms with E-state index in [2.05, 4.69) is 44.7 Å². The Hall–Kier alpha value is -3.12. The number of hydrogen-bond donors (Lipinski definition) is 2. The van der Waals surface area contributed by atoms with Gasteiger partial charge in [0.25, 0.3) is 0 Å². The largest absolute Gasteiger partial charge is 0.490 e. The van der Waals surface area contributed by atoms with Crippen LogP contribution in [-0.4, -0.2) is 40.2 Å². The second kappa shape index (κ2) is 8.92. The third-order valence-electron chi connectivity index (χ3n) is 5.28. The zero-order chi connectivity index (χ0) is 20.1. The number of nitrogens with zero attached hydrogens (tertiary/aromatic N) is 2. The van der Waals surface area contributed by atoms with Gasteiger partial charge in [0.2, 0.25) is 5.91 Å². The Labute approximate surface area is 170 Å². The maximum atomic E-state index is 11.6. The highest BCUT2D eigenvalue weighted by Crippen LogP contribution is 2.32. The number of ether oxygens (including phenoxy) is 1. The highest BCUT2D eigenvalue weighted by Gasteiger charge is 2.25. The molecule has 1 fully saturated rings. The fourth-order valence-electron chi connectivity index (χ4n) is 3.82. The summed E-state index contributed by atoms with van der Waals surface area (Å²) in [5.41, 5.74) is 3.99. The number of hydrogen-bond acceptors (Lipinski definition) is 4. The van der Waals surface area contributed by atoms with E-state index in [1.807, 2.05) is 30.5 Å². The van der Waals surface area contributed by atoms with Gasteiger partial charge in [0.15, 0.2) is 0 Å². The molecule has 0 unspecified atom stereocenters. The van der Waals surface area contributed by atoms with Crippen LogP contribution in [0.4, 0.5) is 5.69 Å². The van der Waals surface area contributed by atoms with Gasteiger partial charge in [0.1, 0.15) is 12.4 Å². The molecule has 6 nitrogen and oxygen atoms in total. The van der Waals surface area contributed by atoms with Crippen LogP contribution in [0.5, 0.6) is 5.75 Å². The van der Waals surface area contributed by atoms with Crippen LogP contribution >= 0.6 is 0 Å². The smallest absolute Gasteiger partial charge is 0.221 e. The monoisotopic (exact) mass is 390 g/mol. The predicted octanol–water partition coefficient (Wildman–Crippen LogP) is 4.08. The van der Waals surface area contributed by atoms with Gasteiger partial charge < -0.3 is 10.1 Å². The van der Waals surface area contributed by atoms with Crippen LogP contribution in [-0.2, 0) is 11.3 Å². The molecule has 1 saturated heterocycles. The minimum absolute atomic E-state index is 0.113. The third-order valence-corrected chi connectivity index (χ3v) is 5.28. The number of aromatic amines is 1. The summed E-state index contributed by atoms with van der Waals surface area (Å²) < 4.78 is 6.24. The first kappa shape index (κ1) is 19.2. The van der Waals surface area contributed by atoms with Crippen molar-refractivity contribution in [2.24, 2.45) is 0 Å². The number of amides is 1. The number of H-pyrrole nitrogens is 1. The summed E-state index contributed by atoms with van der Waals surface area (Å²) in [6, 6.07) is 16.7. The lowest BCUT2D eigenvalue weighted by molar-refractivity contribution is -0.114. The van der Waals surface area contributed by atoms with Crippen molar-refractivity contribution in [1.82, 2.24) is 15.1 Å². The van der Waals surface area contributed by atoms with Crippen LogP contribution < -0.4 is 10.1 Å². The maximum Gasteiger partial charge on any atom is 0.221 e. The average Bonchev–Trinajstić information content (AvgIpc) is 3.40. The molecule has 6 heteroatoms. The topological polar surface area (TPSA) is 70.2 Å². The number of aromatic nitrogens is 2. The van der Waals surface area contributed by atoms with Crippen molar-refractivity contribution in [2.75, 3.05) is 18.5 Å². The second-order valence-corrected chi connectivity index (χ2v) is 7.44. The van der Waals surface area contributed by atoms with Crippen molar-refractivity contribution in [3.8, 4) is 16.9 Å². The summed E-state index contributed by atoms with van der Waals surface area (Å²) in [6.07, 6.45) is 5.91. The fourth-order valence-corrected chi connectivity index (χ4v) is 3.82. The van der Waals surface area contributed by atoms with Crippen LogP contribution in [0, 0.1) is 0 Å². The van der Waals surface area contributed by atoms with Gasteiger partial charge in [-0.2, -0.15) is 5.10 Å². The van der Waals surface area contributed by atoms with Crippen LogP contribution in [0.25, 0.3) is 11.1 Å². The minimum atomic E-state index is -0.113. The van der Waals surface area contributed by atoms with Gasteiger partial charge in [-0.1, -0.05) is 36.4 Å². The van der Waals surface area contributed by atoms with E-state index in [0.717, 1.165) is 30.6 Å². The van der Waals surface area contributed by atoms with Gasteiger partial charge in [0, 0.05) is 31.3 Å². The van der Waals surface area contributed by atoms with Crippen molar-refractivity contribution in [3.63, 3.8) is 0 Å². The number of carbonyl (C=O) groups excluding carboxylic acids is 1. The van der Waals surface area contributed by atoms with Gasteiger partial charge in [-0.15, -0.1) is 0 Å². The summed E-state index contributed by atoms with van der Waals surface area (Å²) in [4.78, 5) is 14.1. The van der Waals surface area contributed by atoms with E-state index in [-0.39, 0.29) is 5.91 Å². The summed E-state index contributed by atoms with van der Waals surface area (Å²) in [6.45, 7) is 4.11. The van der Waals surface area contributed by atoms with Crippen LogP contribution in [0.15, 0.2) is 60.9 Å². The van der Waals surface area contributed by atoms with E-state index in [4.69, 9.17) is 4.74 Å². The molecular formula is C23H26N4O2. The van der Waals surface area contributed by atoms with Crippen molar-refractivity contribution >= 4 is 11.6 Å². The normalized spacial score (nSPS) is 16.7. The Morgan fingerprint density at radius 2 is 2.10 bits per heavy atom. The SMILES string of the molecule is CC(=O)Nc1ccc(-c2cn[nH]c2)cc1OC[C@@H]1CCCN1Cc1ccccc1. The summed E-state index contributed by atoms with van der Waals surface area (Å²) in [5.74, 6) is 0.572. The van der Waals surface area contributed by atoms with E-state index >= 15 is 0 Å². The Morgan fingerprint density at radius 1 is 1.24 bits per heavy atom. The molecule has 2 aromatic carbocycles. The Balaban J connectivity index is 1.48. The molecule has 0 saturated carbocycles. The standard InChI is InChI=1S/C23H26N4O2/c1-17(28)26-22-10-9-19(20-13-24-25-14-20)12-23(22)29-16-21-8-5-11-27(21)15-18-6-3-2-4-7-18/h2-4,6-7,9-10,12-14,21H,5,8,11,15-16H2,1H3,(H,24,25)(H,26,28)/t21-/m0/s1. The van der Waals surface area contributed by atoms with E-state index in [1.54, 1.807) is 6.20 Å². The summed E-state index contributed by atoms with van der Waals surface area (Å²) in [7, 11) is 0. The van der Waals surface area contributed by atoms with Gasteiger partial charge in [0.05, 0.1) is 11.9 Å². The van der Waals surface area contributed by atoms with Crippen LogP contribution in [0.2, 0.25) is 0 Å². The molecule has 150 valence electrons. The predicted molar refractivity (Wildman–Crippen MR) is 114 cm³/mol. The molecule has 1 aliphatic rings. The molecule has 2 N–H and O–H groups in total. The van der Waals surface area contributed by atoms with E-state index in [9.17, 15) is 4.79 Å². The highest BCUT2D eigenvalue weighted by atomic mass is 16.5. The highest BCUT2D eigenvalue weighted by molar-refractivity contribution is 5.91. The Morgan fingerprint density at radius 3 is 2.86 bits per heavy atom. The molecule has 1 aliphatic heterocycles. The lowest BCUT2D eigenvalue weighted by Crippen LogP contribution is -2.33. The molecule has 1 aromatic heterocycles. The molecule has 0 spiro atoms. The summed E-state index contributed by atoms with van der Waals surface area (Å²) >= 11 is 0. The molecular weight excluding hydrogens is 364 g/mol. The van der Waals surface area contributed by atoms with Gasteiger partial charge in [-0.05, 0) is 42.6 Å². The van der Waals surface area contributed by atoms with E-state index in [0.29, 0.717) is 24.1 Å². The number of rotatable bonds is 7. The third kappa shape index (κ3) is 4.84. The van der Waals surface area contributed by atoms with E-state index < -0.39 is 0 Å². The van der Waals surface area contributed by atoms with Crippen LogP contribution in [0.1, 0.15) is 25.3 Å². The maximum absolute atomic E-state index is 11.6. The number of likely N-dealkylation sites (tertiary alicyclic amines) is 1. The first-order chi connectivity index (χ1) is 14.2. The number of anilines is 1. The lowest BCUT2D eigenvalue weighted by Gasteiger charge is -2.25. The first-order valence-electron chi connectivity index (χ1n) is 10.0. The van der Waals surface area contributed by atoms with Crippen molar-refractivity contribution in [1.29, 1.82) is 0 Å². The minimum Gasteiger partial charge on any atom is -0.490 e. The molecule has 4 rings (SSSR count). The molecule has 0 bridgehead atoms. The molecule has 0 aliphatic carbocycles. The lowest BCUT2D eigenvalue weighted by atomic mass is 10.1. The zero-order valence-electron chi connectivity index (χ0n) is 16.6. The molecule has 3 aromatic rings. The molecule has 29 heavy (non-hydrogen) atoms. The van der Waals surface area contributed by atoms with Crippen LogP contribution in [0.3, 0.4) is 0 Å². The first-order valence-corrected chi connectivity index (χ1v) is 10.0. The van der Waals surface area contributed by atoms with Gasteiger partial charge in [-0.3, -0.25) is 14.8 Å². The Kier molecular flexibility index (Phi) is 5.91. The van der Waals surface area contributed by atoms with Crippen molar-refractivity contribution in [3.05, 3.63) is 66.5 Å². The second-order valence-electron chi connectivity index (χ2n) is 7.44. The molecule has 1 amide bonds. The van der Waals surface area contributed by atoms with Gasteiger partial charge in [-0.25, -0.2) is 0 Å². The Bertz CT molecular complexity index is 941. The fraction of sp³-hybridized carbons (Fsp3) is 0.304. The quantitative estimate of drug-likeness (QED) is 0.638. The van der Waals surface area contributed by atoms with Crippen molar-refractivity contribution in [2.45, 2.75) is 32.4 Å². The summed E-state index contributed by atoms with van der Waals surface area (Å²) in [5, 5.41) is 9.72. The molecule has 2 heterocycles. The van der Waals surface area contributed by atoms with Crippen molar-refractivity contribution < 1.29 is 9.53 Å². The molecule has 1 atom stereocenters. The average molecular weight is 390 g/mol. The molecule has 0 radical (unpaired) electrons. The number of nitrogens with one attached hydrogen (secondary N) is 2.